The number of carboxylic acid groups (broad SMARTS) is 1. The molecule has 1 atom stereocenters. The summed E-state index contributed by atoms with van der Waals surface area (Å²) in [5.41, 5.74) is 0. The number of hydrogen-bond acceptors (Lipinski definition) is 3. The zero-order chi connectivity index (χ0) is 14.3. The normalized spacial score (nSPS) is 13.2. The predicted octanol–water partition coefficient (Wildman–Crippen LogP) is 1.28. The van der Waals surface area contributed by atoms with Gasteiger partial charge in [0.1, 0.15) is 19.8 Å². The van der Waals surface area contributed by atoms with Crippen molar-refractivity contribution in [3.8, 4) is 0 Å². The highest BCUT2D eigenvalue weighted by atomic mass is 19.4. The van der Waals surface area contributed by atoms with Crippen LogP contribution < -0.4 is 0 Å². The average molecular weight is 271 g/mol. The van der Waals surface area contributed by atoms with Crippen LogP contribution in [0.4, 0.5) is 13.2 Å². The molecule has 0 saturated carbocycles. The van der Waals surface area contributed by atoms with Gasteiger partial charge in [0.05, 0.1) is 0 Å². The summed E-state index contributed by atoms with van der Waals surface area (Å²) in [7, 11) is 0. The molecule has 0 spiro atoms. The number of nitrogens with zero attached hydrogens (tertiary/aromatic N) is 1. The number of carboxylic acids is 1. The van der Waals surface area contributed by atoms with Crippen molar-refractivity contribution < 1.29 is 32.6 Å². The summed E-state index contributed by atoms with van der Waals surface area (Å²) in [6.07, 6.45) is -4.01. The Kier molecular flexibility index (Phi) is 6.67. The summed E-state index contributed by atoms with van der Waals surface area (Å²) in [5.74, 6) is -1.99. The molecule has 0 aliphatic carbocycles. The lowest BCUT2D eigenvalue weighted by Crippen LogP contribution is -2.44. The van der Waals surface area contributed by atoms with E-state index in [2.05, 4.69) is 4.74 Å². The second kappa shape index (κ2) is 7.20. The highest BCUT2D eigenvalue weighted by Gasteiger charge is 2.29. The van der Waals surface area contributed by atoms with Gasteiger partial charge in [-0.1, -0.05) is 6.92 Å². The molecule has 18 heavy (non-hydrogen) atoms. The maximum atomic E-state index is 11.8. The van der Waals surface area contributed by atoms with Crippen LogP contribution >= 0.6 is 0 Å². The number of amides is 1. The SMILES string of the molecule is CCC(C)N(CC(=O)O)C(=O)COCC(F)(F)F. The van der Waals surface area contributed by atoms with E-state index in [-0.39, 0.29) is 6.04 Å². The fourth-order valence-corrected chi connectivity index (χ4v) is 1.19. The standard InChI is InChI=1S/C10H16F3NO4/c1-3-7(2)14(4-9(16)17)8(15)5-18-6-10(11,12)13/h7H,3-6H2,1-2H3,(H,16,17). The summed E-state index contributed by atoms with van der Waals surface area (Å²) in [4.78, 5) is 23.1. The fraction of sp³-hybridized carbons (Fsp3) is 0.800. The van der Waals surface area contributed by atoms with E-state index in [1.165, 1.54) is 0 Å². The number of halogens is 3. The Morgan fingerprint density at radius 2 is 1.94 bits per heavy atom. The van der Waals surface area contributed by atoms with Gasteiger partial charge in [0, 0.05) is 6.04 Å². The Morgan fingerprint density at radius 1 is 1.39 bits per heavy atom. The number of hydrogen-bond donors (Lipinski definition) is 1. The van der Waals surface area contributed by atoms with Crippen LogP contribution in [-0.2, 0) is 14.3 Å². The molecule has 0 aromatic rings. The summed E-state index contributed by atoms with van der Waals surface area (Å²) < 4.78 is 39.6. The van der Waals surface area contributed by atoms with Gasteiger partial charge in [-0.15, -0.1) is 0 Å². The van der Waals surface area contributed by atoms with Crippen molar-refractivity contribution in [1.82, 2.24) is 4.90 Å². The molecule has 0 aromatic heterocycles. The zero-order valence-corrected chi connectivity index (χ0v) is 10.2. The maximum Gasteiger partial charge on any atom is 0.411 e. The van der Waals surface area contributed by atoms with E-state index in [9.17, 15) is 22.8 Å². The van der Waals surface area contributed by atoms with Crippen LogP contribution in [0.3, 0.4) is 0 Å². The van der Waals surface area contributed by atoms with E-state index >= 15 is 0 Å². The van der Waals surface area contributed by atoms with Gasteiger partial charge in [-0.05, 0) is 13.3 Å². The van der Waals surface area contributed by atoms with Crippen LogP contribution in [-0.4, -0.2) is 53.9 Å². The molecule has 0 aliphatic rings. The van der Waals surface area contributed by atoms with Crippen LogP contribution in [0.15, 0.2) is 0 Å². The first-order valence-corrected chi connectivity index (χ1v) is 5.33. The van der Waals surface area contributed by atoms with Gasteiger partial charge in [0.15, 0.2) is 0 Å². The first-order chi connectivity index (χ1) is 8.17. The third kappa shape index (κ3) is 7.10. The van der Waals surface area contributed by atoms with Crippen LogP contribution in [0.5, 0.6) is 0 Å². The molecule has 8 heteroatoms. The lowest BCUT2D eigenvalue weighted by molar-refractivity contribution is -0.179. The molecule has 0 saturated heterocycles. The number of ether oxygens (including phenoxy) is 1. The van der Waals surface area contributed by atoms with Gasteiger partial charge in [0.2, 0.25) is 5.91 Å². The molecule has 0 rings (SSSR count). The Bertz CT molecular complexity index is 293. The van der Waals surface area contributed by atoms with Crippen molar-refractivity contribution in [2.24, 2.45) is 0 Å². The zero-order valence-electron chi connectivity index (χ0n) is 10.2. The lowest BCUT2D eigenvalue weighted by Gasteiger charge is -2.26. The third-order valence-corrected chi connectivity index (χ3v) is 2.24. The summed E-state index contributed by atoms with van der Waals surface area (Å²) in [6.45, 7) is 0.495. The largest absolute Gasteiger partial charge is 0.480 e. The Morgan fingerprint density at radius 3 is 2.33 bits per heavy atom. The fourth-order valence-electron chi connectivity index (χ4n) is 1.19. The minimum absolute atomic E-state index is 0.372. The van der Waals surface area contributed by atoms with E-state index in [0.717, 1.165) is 4.90 Å². The van der Waals surface area contributed by atoms with Gasteiger partial charge >= 0.3 is 12.1 Å². The first-order valence-electron chi connectivity index (χ1n) is 5.33. The van der Waals surface area contributed by atoms with E-state index in [4.69, 9.17) is 5.11 Å². The van der Waals surface area contributed by atoms with Crippen LogP contribution in [0.2, 0.25) is 0 Å². The predicted molar refractivity (Wildman–Crippen MR) is 56.0 cm³/mol. The molecular formula is C10H16F3NO4. The van der Waals surface area contributed by atoms with E-state index in [1.54, 1.807) is 13.8 Å². The van der Waals surface area contributed by atoms with Crippen molar-refractivity contribution in [2.75, 3.05) is 19.8 Å². The molecule has 0 radical (unpaired) electrons. The van der Waals surface area contributed by atoms with Gasteiger partial charge < -0.3 is 14.7 Å². The third-order valence-electron chi connectivity index (χ3n) is 2.24. The molecule has 1 amide bonds. The molecule has 0 aliphatic heterocycles. The van der Waals surface area contributed by atoms with E-state index in [0.29, 0.717) is 6.42 Å². The number of carbonyl (C=O) groups is 2. The maximum absolute atomic E-state index is 11.8. The Balaban J connectivity index is 4.34. The van der Waals surface area contributed by atoms with Crippen molar-refractivity contribution in [1.29, 1.82) is 0 Å². The quantitative estimate of drug-likeness (QED) is 0.757. The second-order valence-electron chi connectivity index (χ2n) is 3.78. The highest BCUT2D eigenvalue weighted by Crippen LogP contribution is 2.14. The molecule has 5 nitrogen and oxygen atoms in total. The average Bonchev–Trinajstić information content (AvgIpc) is 2.22. The summed E-state index contributed by atoms with van der Waals surface area (Å²) in [6, 6.07) is -0.372. The summed E-state index contributed by atoms with van der Waals surface area (Å²) >= 11 is 0. The van der Waals surface area contributed by atoms with Crippen LogP contribution in [0, 0.1) is 0 Å². The second-order valence-corrected chi connectivity index (χ2v) is 3.78. The number of rotatable bonds is 7. The monoisotopic (exact) mass is 271 g/mol. The molecule has 1 N–H and O–H groups in total. The highest BCUT2D eigenvalue weighted by molar-refractivity contribution is 5.82. The van der Waals surface area contributed by atoms with Crippen LogP contribution in [0.1, 0.15) is 20.3 Å². The number of aliphatic carboxylic acids is 1. The minimum atomic E-state index is -4.51. The molecule has 0 fully saturated rings. The molecule has 0 bridgehead atoms. The smallest absolute Gasteiger partial charge is 0.411 e. The van der Waals surface area contributed by atoms with Gasteiger partial charge in [0.25, 0.3) is 0 Å². The van der Waals surface area contributed by atoms with Gasteiger partial charge in [-0.2, -0.15) is 13.2 Å². The molecule has 0 aromatic carbocycles. The van der Waals surface area contributed by atoms with Crippen molar-refractivity contribution in [2.45, 2.75) is 32.5 Å². The number of carbonyl (C=O) groups excluding carboxylic acids is 1. The van der Waals surface area contributed by atoms with Crippen molar-refractivity contribution in [3.05, 3.63) is 0 Å². The molecule has 0 heterocycles. The summed E-state index contributed by atoms with van der Waals surface area (Å²) in [5, 5.41) is 8.62. The van der Waals surface area contributed by atoms with Gasteiger partial charge in [-0.25, -0.2) is 0 Å². The van der Waals surface area contributed by atoms with Crippen LogP contribution in [0.25, 0.3) is 0 Å². The molecule has 1 unspecified atom stereocenters. The van der Waals surface area contributed by atoms with E-state index < -0.39 is 37.8 Å². The Hall–Kier alpha value is -1.31. The topological polar surface area (TPSA) is 66.8 Å². The number of alkyl halides is 3. The minimum Gasteiger partial charge on any atom is -0.480 e. The first kappa shape index (κ1) is 16.7. The lowest BCUT2D eigenvalue weighted by atomic mass is 10.2. The van der Waals surface area contributed by atoms with Crippen molar-refractivity contribution in [3.63, 3.8) is 0 Å². The van der Waals surface area contributed by atoms with Crippen molar-refractivity contribution >= 4 is 11.9 Å². The molecular weight excluding hydrogens is 255 g/mol. The van der Waals surface area contributed by atoms with Gasteiger partial charge in [-0.3, -0.25) is 9.59 Å². The Labute approximate surface area is 103 Å². The van der Waals surface area contributed by atoms with E-state index in [1.807, 2.05) is 0 Å². The molecule has 106 valence electrons.